The third-order valence-electron chi connectivity index (χ3n) is 3.45. The molecule has 1 aliphatic rings. The number of amides is 1. The van der Waals surface area contributed by atoms with E-state index in [-0.39, 0.29) is 12.5 Å². The normalized spacial score (nSPS) is 15.9. The van der Waals surface area contributed by atoms with Gasteiger partial charge in [0.15, 0.2) is 0 Å². The topological polar surface area (TPSA) is 73.4 Å². The molecule has 1 heterocycles. The van der Waals surface area contributed by atoms with E-state index in [4.69, 9.17) is 11.0 Å². The lowest BCUT2D eigenvalue weighted by Crippen LogP contribution is -2.49. The second-order valence-corrected chi connectivity index (χ2v) is 4.96. The molecule has 0 aromatic heterocycles. The molecule has 1 saturated heterocycles. The Labute approximate surface area is 117 Å². The monoisotopic (exact) mass is 276 g/mol. The Morgan fingerprint density at radius 2 is 2.05 bits per heavy atom. The molecule has 1 aliphatic heterocycles. The lowest BCUT2D eigenvalue weighted by Gasteiger charge is -2.36. The summed E-state index contributed by atoms with van der Waals surface area (Å²) in [5.74, 6) is -0.732. The van der Waals surface area contributed by atoms with Crippen molar-refractivity contribution in [3.63, 3.8) is 0 Å². The Balaban J connectivity index is 2.15. The summed E-state index contributed by atoms with van der Waals surface area (Å²) in [6, 6.07) is 4.75. The molecule has 0 unspecified atom stereocenters. The van der Waals surface area contributed by atoms with Gasteiger partial charge in [-0.05, 0) is 24.6 Å². The quantitative estimate of drug-likeness (QED) is 0.878. The van der Waals surface area contributed by atoms with Crippen LogP contribution in [0.1, 0.15) is 11.1 Å². The number of piperazine rings is 1. The Morgan fingerprint density at radius 1 is 1.40 bits per heavy atom. The Morgan fingerprint density at radius 3 is 2.60 bits per heavy atom. The molecule has 1 amide bonds. The first kappa shape index (κ1) is 14.3. The van der Waals surface area contributed by atoms with Crippen LogP contribution in [0.2, 0.25) is 0 Å². The zero-order valence-electron chi connectivity index (χ0n) is 11.4. The molecule has 6 heteroatoms. The number of aryl methyl sites for hydroxylation is 1. The van der Waals surface area contributed by atoms with E-state index < -0.39 is 5.82 Å². The molecular formula is C14H17FN4O. The van der Waals surface area contributed by atoms with Gasteiger partial charge in [0.05, 0.1) is 17.8 Å². The van der Waals surface area contributed by atoms with Crippen molar-refractivity contribution in [2.75, 3.05) is 37.6 Å². The lowest BCUT2D eigenvalue weighted by molar-refractivity contribution is -0.119. The van der Waals surface area contributed by atoms with Gasteiger partial charge in [0.2, 0.25) is 5.91 Å². The second kappa shape index (κ2) is 5.88. The fourth-order valence-corrected chi connectivity index (χ4v) is 2.59. The third-order valence-corrected chi connectivity index (χ3v) is 3.45. The number of benzene rings is 1. The Bertz CT molecular complexity index is 559. The van der Waals surface area contributed by atoms with Gasteiger partial charge < -0.3 is 10.6 Å². The molecule has 1 aromatic rings. The van der Waals surface area contributed by atoms with Crippen molar-refractivity contribution in [3.8, 4) is 6.07 Å². The van der Waals surface area contributed by atoms with Gasteiger partial charge in [-0.25, -0.2) is 4.39 Å². The average molecular weight is 276 g/mol. The van der Waals surface area contributed by atoms with Crippen LogP contribution in [0.3, 0.4) is 0 Å². The second-order valence-electron chi connectivity index (χ2n) is 4.96. The van der Waals surface area contributed by atoms with Crippen LogP contribution in [-0.2, 0) is 4.79 Å². The molecule has 2 N–H and O–H groups in total. The molecule has 5 nitrogen and oxygen atoms in total. The molecule has 1 fully saturated rings. The maximum absolute atomic E-state index is 13.3. The first-order valence-corrected chi connectivity index (χ1v) is 6.47. The number of hydrogen-bond acceptors (Lipinski definition) is 4. The van der Waals surface area contributed by atoms with Crippen molar-refractivity contribution in [2.45, 2.75) is 6.92 Å². The van der Waals surface area contributed by atoms with E-state index in [0.29, 0.717) is 31.7 Å². The highest BCUT2D eigenvalue weighted by molar-refractivity contribution is 5.76. The van der Waals surface area contributed by atoms with Crippen LogP contribution in [0.15, 0.2) is 12.1 Å². The van der Waals surface area contributed by atoms with Gasteiger partial charge in [-0.1, -0.05) is 0 Å². The molecule has 0 aliphatic carbocycles. The zero-order valence-corrected chi connectivity index (χ0v) is 11.4. The van der Waals surface area contributed by atoms with Crippen molar-refractivity contribution in [2.24, 2.45) is 5.73 Å². The number of rotatable bonds is 3. The van der Waals surface area contributed by atoms with Crippen LogP contribution < -0.4 is 10.6 Å². The van der Waals surface area contributed by atoms with Crippen molar-refractivity contribution in [1.29, 1.82) is 5.26 Å². The maximum Gasteiger partial charge on any atom is 0.231 e. The minimum Gasteiger partial charge on any atom is -0.369 e. The van der Waals surface area contributed by atoms with Crippen LogP contribution in [-0.4, -0.2) is 43.5 Å². The van der Waals surface area contributed by atoms with E-state index in [0.717, 1.165) is 11.3 Å². The number of halogens is 1. The van der Waals surface area contributed by atoms with Crippen molar-refractivity contribution >= 4 is 11.6 Å². The molecule has 0 bridgehead atoms. The smallest absolute Gasteiger partial charge is 0.231 e. The largest absolute Gasteiger partial charge is 0.369 e. The van der Waals surface area contributed by atoms with Crippen molar-refractivity contribution in [1.82, 2.24) is 4.90 Å². The standard InChI is InChI=1S/C14H17FN4O/c1-10-6-12(15)7-11(8-16)14(10)19-4-2-18(3-5-19)9-13(17)20/h6-7H,2-5,9H2,1H3,(H2,17,20). The van der Waals surface area contributed by atoms with Gasteiger partial charge in [-0.2, -0.15) is 5.26 Å². The molecule has 1 aromatic carbocycles. The SMILES string of the molecule is Cc1cc(F)cc(C#N)c1N1CCN(CC(N)=O)CC1. The molecule has 0 saturated carbocycles. The molecule has 0 radical (unpaired) electrons. The van der Waals surface area contributed by atoms with E-state index in [9.17, 15) is 9.18 Å². The van der Waals surface area contributed by atoms with E-state index in [1.807, 2.05) is 11.0 Å². The summed E-state index contributed by atoms with van der Waals surface area (Å²) in [5, 5.41) is 9.15. The van der Waals surface area contributed by atoms with Crippen LogP contribution in [0.4, 0.5) is 10.1 Å². The first-order valence-electron chi connectivity index (χ1n) is 6.47. The van der Waals surface area contributed by atoms with Crippen LogP contribution in [0, 0.1) is 24.1 Å². The number of carbonyl (C=O) groups excluding carboxylic acids is 1. The summed E-state index contributed by atoms with van der Waals surface area (Å²) < 4.78 is 13.3. The molecule has 0 spiro atoms. The summed E-state index contributed by atoms with van der Waals surface area (Å²) in [5.41, 5.74) is 7.07. The average Bonchev–Trinajstić information content (AvgIpc) is 2.38. The van der Waals surface area contributed by atoms with Gasteiger partial charge in [-0.15, -0.1) is 0 Å². The highest BCUT2D eigenvalue weighted by Gasteiger charge is 2.22. The van der Waals surface area contributed by atoms with Gasteiger partial charge in [0.1, 0.15) is 11.9 Å². The zero-order chi connectivity index (χ0) is 14.7. The van der Waals surface area contributed by atoms with Crippen LogP contribution >= 0.6 is 0 Å². The van der Waals surface area contributed by atoms with Gasteiger partial charge >= 0.3 is 0 Å². The number of hydrogen-bond donors (Lipinski definition) is 1. The maximum atomic E-state index is 13.3. The lowest BCUT2D eigenvalue weighted by atomic mass is 10.1. The summed E-state index contributed by atoms with van der Waals surface area (Å²) in [4.78, 5) is 14.9. The van der Waals surface area contributed by atoms with Gasteiger partial charge in [0.25, 0.3) is 0 Å². The highest BCUT2D eigenvalue weighted by atomic mass is 19.1. The van der Waals surface area contributed by atoms with Gasteiger partial charge in [-0.3, -0.25) is 9.69 Å². The number of nitrogens with two attached hydrogens (primary N) is 1. The summed E-state index contributed by atoms with van der Waals surface area (Å²) in [6.07, 6.45) is 0. The number of nitriles is 1. The summed E-state index contributed by atoms with van der Waals surface area (Å²) >= 11 is 0. The first-order chi connectivity index (χ1) is 9.51. The van der Waals surface area contributed by atoms with Crippen LogP contribution in [0.25, 0.3) is 0 Å². The van der Waals surface area contributed by atoms with Crippen molar-refractivity contribution in [3.05, 3.63) is 29.1 Å². The van der Waals surface area contributed by atoms with Crippen molar-refractivity contribution < 1.29 is 9.18 Å². The molecule has 0 atom stereocenters. The fourth-order valence-electron chi connectivity index (χ4n) is 2.59. The molecule has 20 heavy (non-hydrogen) atoms. The predicted octanol–water partition coefficient (Wildman–Crippen LogP) is 0.613. The number of primary amides is 1. The Kier molecular flexibility index (Phi) is 4.20. The van der Waals surface area contributed by atoms with E-state index in [1.54, 1.807) is 6.92 Å². The summed E-state index contributed by atoms with van der Waals surface area (Å²) in [7, 11) is 0. The number of nitrogens with zero attached hydrogens (tertiary/aromatic N) is 3. The molecule has 2 rings (SSSR count). The third kappa shape index (κ3) is 3.06. The Hall–Kier alpha value is -2.13. The minimum absolute atomic E-state index is 0.251. The predicted molar refractivity (Wildman–Crippen MR) is 73.7 cm³/mol. The van der Waals surface area contributed by atoms with E-state index in [1.165, 1.54) is 12.1 Å². The van der Waals surface area contributed by atoms with Crippen LogP contribution in [0.5, 0.6) is 0 Å². The number of carbonyl (C=O) groups is 1. The van der Waals surface area contributed by atoms with E-state index in [2.05, 4.69) is 4.90 Å². The molecule has 106 valence electrons. The number of anilines is 1. The minimum atomic E-state index is -0.393. The molecular weight excluding hydrogens is 259 g/mol. The highest BCUT2D eigenvalue weighted by Crippen LogP contribution is 2.27. The summed E-state index contributed by atoms with van der Waals surface area (Å²) in [6.45, 7) is 4.83. The van der Waals surface area contributed by atoms with E-state index >= 15 is 0 Å². The fraction of sp³-hybridized carbons (Fsp3) is 0.429. The van der Waals surface area contributed by atoms with Gasteiger partial charge in [0, 0.05) is 26.2 Å².